The molecule has 0 aromatic heterocycles. The maximum Gasteiger partial charge on any atom is 0.411 e. The quantitative estimate of drug-likeness (QED) is 0.553. The number of piperidine rings is 1. The van der Waals surface area contributed by atoms with Gasteiger partial charge >= 0.3 is 6.09 Å². The number of nitrogens with one attached hydrogen (secondary N) is 2. The van der Waals surface area contributed by atoms with E-state index in [1.54, 1.807) is 4.90 Å². The van der Waals surface area contributed by atoms with Crippen LogP contribution in [-0.4, -0.2) is 49.0 Å². The van der Waals surface area contributed by atoms with Gasteiger partial charge in [0.15, 0.2) is 0 Å². The van der Waals surface area contributed by atoms with E-state index in [0.717, 1.165) is 17.5 Å². The first-order chi connectivity index (χ1) is 16.4. The Morgan fingerprint density at radius 3 is 2.35 bits per heavy atom. The highest BCUT2D eigenvalue weighted by atomic mass is 16.5. The lowest BCUT2D eigenvalue weighted by molar-refractivity contribution is -0.142. The number of likely N-dealkylation sites (tertiary alicyclic amines) is 1. The van der Waals surface area contributed by atoms with Crippen molar-refractivity contribution in [1.82, 2.24) is 10.2 Å². The highest BCUT2D eigenvalue weighted by Gasteiger charge is 2.43. The normalized spacial score (nSPS) is 14.9. The Balaban J connectivity index is 1.66. The number of rotatable bonds is 8. The minimum atomic E-state index is -0.919. The van der Waals surface area contributed by atoms with E-state index < -0.39 is 11.5 Å². The fourth-order valence-electron chi connectivity index (χ4n) is 4.10. The van der Waals surface area contributed by atoms with Gasteiger partial charge in [0.05, 0.1) is 12.0 Å². The summed E-state index contributed by atoms with van der Waals surface area (Å²) in [5.41, 5.74) is 8.49. The van der Waals surface area contributed by atoms with Crippen LogP contribution in [0, 0.1) is 12.3 Å². The van der Waals surface area contributed by atoms with Crippen molar-refractivity contribution < 1.29 is 19.1 Å². The molecule has 34 heavy (non-hydrogen) atoms. The Morgan fingerprint density at radius 2 is 1.74 bits per heavy atom. The molecule has 1 aliphatic heterocycles. The second-order valence-corrected chi connectivity index (χ2v) is 8.73. The van der Waals surface area contributed by atoms with Crippen LogP contribution in [0.2, 0.25) is 0 Å². The summed E-state index contributed by atoms with van der Waals surface area (Å²) in [6, 6.07) is 15.4. The average molecular weight is 467 g/mol. The minimum Gasteiger partial charge on any atom is -0.448 e. The highest BCUT2D eigenvalue weighted by molar-refractivity contribution is 5.86. The number of nitrogens with zero attached hydrogens (tertiary/aromatic N) is 1. The van der Waals surface area contributed by atoms with Crippen molar-refractivity contribution in [3.8, 4) is 0 Å². The molecule has 8 heteroatoms. The maximum absolute atomic E-state index is 13.3. The molecule has 0 aliphatic carbocycles. The van der Waals surface area contributed by atoms with Gasteiger partial charge in [-0.1, -0.05) is 43.3 Å². The van der Waals surface area contributed by atoms with Crippen LogP contribution in [0.3, 0.4) is 0 Å². The molecule has 182 valence electrons. The summed E-state index contributed by atoms with van der Waals surface area (Å²) in [5, 5.41) is 5.73. The number of carbonyl (C=O) groups excluding carboxylic acids is 3. The van der Waals surface area contributed by atoms with Gasteiger partial charge in [0.25, 0.3) is 0 Å². The number of hydrogen-bond donors (Lipinski definition) is 3. The van der Waals surface area contributed by atoms with Gasteiger partial charge in [0.2, 0.25) is 11.8 Å². The Labute approximate surface area is 200 Å². The van der Waals surface area contributed by atoms with Crippen LogP contribution >= 0.6 is 0 Å². The fourth-order valence-corrected chi connectivity index (χ4v) is 4.10. The molecular formula is C26H34N4O4. The number of ether oxygens (including phenoxy) is 1. The van der Waals surface area contributed by atoms with Crippen LogP contribution in [0.1, 0.15) is 36.5 Å². The summed E-state index contributed by atoms with van der Waals surface area (Å²) in [7, 11) is 0. The third kappa shape index (κ3) is 6.35. The number of aryl methyl sites for hydroxylation is 2. The van der Waals surface area contributed by atoms with Crippen LogP contribution < -0.4 is 16.4 Å². The van der Waals surface area contributed by atoms with Gasteiger partial charge in [-0.2, -0.15) is 0 Å². The van der Waals surface area contributed by atoms with E-state index in [1.807, 2.05) is 55.5 Å². The zero-order valence-corrected chi connectivity index (χ0v) is 19.9. The molecule has 8 nitrogen and oxygen atoms in total. The highest BCUT2D eigenvalue weighted by Crippen LogP contribution is 2.33. The number of hydrogen-bond acceptors (Lipinski definition) is 5. The topological polar surface area (TPSA) is 114 Å². The Bertz CT molecular complexity index is 998. The third-order valence-corrected chi connectivity index (χ3v) is 6.52. The van der Waals surface area contributed by atoms with Crippen LogP contribution in [0.15, 0.2) is 48.5 Å². The molecule has 1 fully saturated rings. The van der Waals surface area contributed by atoms with E-state index in [-0.39, 0.29) is 25.0 Å². The number of amides is 3. The first-order valence-electron chi connectivity index (χ1n) is 11.7. The van der Waals surface area contributed by atoms with Crippen molar-refractivity contribution in [3.63, 3.8) is 0 Å². The molecule has 0 saturated carbocycles. The van der Waals surface area contributed by atoms with Crippen molar-refractivity contribution in [3.05, 3.63) is 65.2 Å². The van der Waals surface area contributed by atoms with Gasteiger partial charge in [-0.25, -0.2) is 4.79 Å². The van der Waals surface area contributed by atoms with E-state index in [0.29, 0.717) is 38.2 Å². The minimum absolute atomic E-state index is 0.0673. The lowest BCUT2D eigenvalue weighted by atomic mass is 9.78. The second kappa shape index (κ2) is 11.7. The van der Waals surface area contributed by atoms with Crippen LogP contribution in [-0.2, 0) is 27.3 Å². The molecule has 0 unspecified atom stereocenters. The van der Waals surface area contributed by atoms with Crippen LogP contribution in [0.4, 0.5) is 10.5 Å². The Hall–Kier alpha value is -3.39. The maximum atomic E-state index is 13.3. The molecular weight excluding hydrogens is 432 g/mol. The van der Waals surface area contributed by atoms with Crippen molar-refractivity contribution in [2.75, 3.05) is 31.6 Å². The van der Waals surface area contributed by atoms with Gasteiger partial charge in [0, 0.05) is 25.3 Å². The SMILES string of the molecule is CCc1ccc(NC(=O)OCC2(C(=O)NCc3ccccc3C)CCN(C(=O)CN)CC2)cc1. The van der Waals surface area contributed by atoms with E-state index in [9.17, 15) is 14.4 Å². The molecule has 2 aromatic rings. The second-order valence-electron chi connectivity index (χ2n) is 8.73. The molecule has 1 heterocycles. The molecule has 3 rings (SSSR count). The standard InChI is InChI=1S/C26H34N4O4/c1-3-20-8-10-22(11-9-20)29-25(33)34-18-26(12-14-30(15-13-26)23(31)16-27)24(32)28-17-21-7-5-4-6-19(21)2/h4-11H,3,12-18,27H2,1-2H3,(H,28,32)(H,29,33). The van der Waals surface area contributed by atoms with Crippen molar-refractivity contribution in [2.45, 2.75) is 39.7 Å². The zero-order chi connectivity index (χ0) is 24.6. The Kier molecular flexibility index (Phi) is 8.65. The summed E-state index contributed by atoms with van der Waals surface area (Å²) < 4.78 is 5.53. The largest absolute Gasteiger partial charge is 0.448 e. The van der Waals surface area contributed by atoms with Crippen molar-refractivity contribution in [1.29, 1.82) is 0 Å². The van der Waals surface area contributed by atoms with E-state index in [1.165, 1.54) is 5.56 Å². The number of anilines is 1. The van der Waals surface area contributed by atoms with Gasteiger partial charge in [-0.05, 0) is 55.0 Å². The first-order valence-corrected chi connectivity index (χ1v) is 11.7. The molecule has 1 saturated heterocycles. The summed E-state index contributed by atoms with van der Waals surface area (Å²) in [6.07, 6.45) is 1.07. The van der Waals surface area contributed by atoms with Crippen molar-refractivity contribution in [2.24, 2.45) is 11.1 Å². The monoisotopic (exact) mass is 466 g/mol. The van der Waals surface area contributed by atoms with Gasteiger partial charge in [-0.3, -0.25) is 14.9 Å². The van der Waals surface area contributed by atoms with Gasteiger partial charge < -0.3 is 20.7 Å². The van der Waals surface area contributed by atoms with E-state index in [2.05, 4.69) is 17.6 Å². The lowest BCUT2D eigenvalue weighted by Crippen LogP contribution is -2.53. The van der Waals surface area contributed by atoms with Gasteiger partial charge in [-0.15, -0.1) is 0 Å². The van der Waals surface area contributed by atoms with Crippen LogP contribution in [0.25, 0.3) is 0 Å². The molecule has 0 atom stereocenters. The number of carbonyl (C=O) groups is 3. The summed E-state index contributed by atoms with van der Waals surface area (Å²) in [5.74, 6) is -0.334. The molecule has 2 aromatic carbocycles. The molecule has 1 aliphatic rings. The molecule has 0 spiro atoms. The lowest BCUT2D eigenvalue weighted by Gasteiger charge is -2.40. The predicted molar refractivity (Wildman–Crippen MR) is 131 cm³/mol. The first kappa shape index (κ1) is 25.2. The summed E-state index contributed by atoms with van der Waals surface area (Å²) in [6.45, 7) is 5.07. The average Bonchev–Trinajstić information content (AvgIpc) is 2.87. The van der Waals surface area contributed by atoms with Crippen LogP contribution in [0.5, 0.6) is 0 Å². The fraction of sp³-hybridized carbons (Fsp3) is 0.423. The Morgan fingerprint density at radius 1 is 1.06 bits per heavy atom. The molecule has 3 amide bonds. The summed E-state index contributed by atoms with van der Waals surface area (Å²) >= 11 is 0. The van der Waals surface area contributed by atoms with Gasteiger partial charge in [0.1, 0.15) is 6.61 Å². The predicted octanol–water partition coefficient (Wildman–Crippen LogP) is 2.99. The third-order valence-electron chi connectivity index (χ3n) is 6.52. The molecule has 0 bridgehead atoms. The van der Waals surface area contributed by atoms with Crippen molar-refractivity contribution >= 4 is 23.6 Å². The number of nitrogens with two attached hydrogens (primary N) is 1. The smallest absolute Gasteiger partial charge is 0.411 e. The molecule has 0 radical (unpaired) electrons. The van der Waals surface area contributed by atoms with E-state index >= 15 is 0 Å². The van der Waals surface area contributed by atoms with E-state index in [4.69, 9.17) is 10.5 Å². The summed E-state index contributed by atoms with van der Waals surface area (Å²) in [4.78, 5) is 39.5. The zero-order valence-electron chi connectivity index (χ0n) is 19.9. The molecule has 4 N–H and O–H groups in total. The number of benzene rings is 2.